The summed E-state index contributed by atoms with van der Waals surface area (Å²) in [6.07, 6.45) is 2.15. The lowest BCUT2D eigenvalue weighted by atomic mass is 10.1. The van der Waals surface area contributed by atoms with Crippen LogP contribution >= 0.6 is 0 Å². The molecule has 17 heavy (non-hydrogen) atoms. The minimum absolute atomic E-state index is 0.253. The molecule has 0 aliphatic carbocycles. The first-order chi connectivity index (χ1) is 8.28. The van der Waals surface area contributed by atoms with Crippen molar-refractivity contribution in [2.24, 2.45) is 0 Å². The Morgan fingerprint density at radius 1 is 1.00 bits per heavy atom. The average molecular weight is 230 g/mol. The lowest BCUT2D eigenvalue weighted by Gasteiger charge is -2.07. The summed E-state index contributed by atoms with van der Waals surface area (Å²) in [6, 6.07) is 14.0. The number of hydrogen-bond donors (Lipinski definition) is 0. The van der Waals surface area contributed by atoms with E-state index in [1.807, 2.05) is 18.2 Å². The smallest absolute Gasteiger partial charge is 0.127 e. The lowest BCUT2D eigenvalue weighted by Crippen LogP contribution is -1.87. The molecule has 2 aromatic carbocycles. The van der Waals surface area contributed by atoms with Gasteiger partial charge in [0.25, 0.3) is 0 Å². The van der Waals surface area contributed by atoms with E-state index in [-0.39, 0.29) is 5.82 Å². The Bertz CT molecular complexity index is 477. The fourth-order valence-electron chi connectivity index (χ4n) is 1.69. The van der Waals surface area contributed by atoms with Crippen LogP contribution < -0.4 is 4.74 Å². The molecule has 0 amide bonds. The molecule has 2 aromatic rings. The highest BCUT2D eigenvalue weighted by molar-refractivity contribution is 5.34. The molecule has 2 heteroatoms. The fraction of sp³-hybridized carbons (Fsp3) is 0.200. The topological polar surface area (TPSA) is 9.23 Å². The zero-order valence-corrected chi connectivity index (χ0v) is 9.82. The molecule has 88 valence electrons. The molecule has 0 radical (unpaired) electrons. The van der Waals surface area contributed by atoms with Crippen LogP contribution in [-0.4, -0.2) is 0 Å². The largest absolute Gasteiger partial charge is 0.457 e. The molecule has 0 fully saturated rings. The van der Waals surface area contributed by atoms with Gasteiger partial charge in [-0.1, -0.05) is 25.5 Å². The van der Waals surface area contributed by atoms with Gasteiger partial charge in [-0.3, -0.25) is 0 Å². The molecule has 0 bridgehead atoms. The molecule has 0 aromatic heterocycles. The summed E-state index contributed by atoms with van der Waals surface area (Å²) in [5, 5.41) is 0. The SMILES string of the molecule is CCCc1cccc(Oc2ccc(F)cc2)c1. The highest BCUT2D eigenvalue weighted by Gasteiger charge is 1.99. The summed E-state index contributed by atoms with van der Waals surface area (Å²) >= 11 is 0. The van der Waals surface area contributed by atoms with Crippen molar-refractivity contribution in [3.63, 3.8) is 0 Å². The molecule has 0 atom stereocenters. The third-order valence-corrected chi connectivity index (χ3v) is 2.49. The van der Waals surface area contributed by atoms with Gasteiger partial charge in [-0.2, -0.15) is 0 Å². The fourth-order valence-corrected chi connectivity index (χ4v) is 1.69. The highest BCUT2D eigenvalue weighted by Crippen LogP contribution is 2.22. The van der Waals surface area contributed by atoms with Crippen molar-refractivity contribution >= 4 is 0 Å². The molecule has 0 N–H and O–H groups in total. The van der Waals surface area contributed by atoms with Gasteiger partial charge < -0.3 is 4.74 Å². The van der Waals surface area contributed by atoms with Gasteiger partial charge in [-0.25, -0.2) is 4.39 Å². The van der Waals surface area contributed by atoms with E-state index in [1.54, 1.807) is 12.1 Å². The van der Waals surface area contributed by atoms with Crippen LogP contribution in [0.4, 0.5) is 4.39 Å². The minimum atomic E-state index is -0.253. The van der Waals surface area contributed by atoms with Crippen LogP contribution in [-0.2, 0) is 6.42 Å². The molecular formula is C15H15FO. The first kappa shape index (κ1) is 11.6. The van der Waals surface area contributed by atoms with Crippen molar-refractivity contribution in [1.29, 1.82) is 0 Å². The Balaban J connectivity index is 2.12. The summed E-state index contributed by atoms with van der Waals surface area (Å²) in [5.74, 6) is 1.19. The Hall–Kier alpha value is -1.83. The van der Waals surface area contributed by atoms with Crippen LogP contribution in [0.2, 0.25) is 0 Å². The van der Waals surface area contributed by atoms with Gasteiger partial charge in [0.1, 0.15) is 17.3 Å². The first-order valence-corrected chi connectivity index (χ1v) is 5.80. The van der Waals surface area contributed by atoms with Gasteiger partial charge >= 0.3 is 0 Å². The molecule has 0 aliphatic rings. The highest BCUT2D eigenvalue weighted by atomic mass is 19.1. The van der Waals surface area contributed by atoms with E-state index in [2.05, 4.69) is 13.0 Å². The number of aryl methyl sites for hydroxylation is 1. The van der Waals surface area contributed by atoms with Crippen LogP contribution in [0.5, 0.6) is 11.5 Å². The van der Waals surface area contributed by atoms with E-state index in [1.165, 1.54) is 17.7 Å². The van der Waals surface area contributed by atoms with Gasteiger partial charge in [-0.15, -0.1) is 0 Å². The maximum absolute atomic E-state index is 12.7. The van der Waals surface area contributed by atoms with Crippen molar-refractivity contribution in [2.45, 2.75) is 19.8 Å². The second-order valence-corrected chi connectivity index (χ2v) is 3.95. The molecule has 0 unspecified atom stereocenters. The summed E-state index contributed by atoms with van der Waals surface area (Å²) < 4.78 is 18.4. The van der Waals surface area contributed by atoms with Crippen LogP contribution in [0, 0.1) is 5.82 Å². The van der Waals surface area contributed by atoms with E-state index < -0.39 is 0 Å². The number of hydrogen-bond acceptors (Lipinski definition) is 1. The number of ether oxygens (including phenoxy) is 1. The molecule has 0 aliphatic heterocycles. The second-order valence-electron chi connectivity index (χ2n) is 3.95. The standard InChI is InChI=1S/C15H15FO/c1-2-4-12-5-3-6-15(11-12)17-14-9-7-13(16)8-10-14/h3,5-11H,2,4H2,1H3. The van der Waals surface area contributed by atoms with E-state index >= 15 is 0 Å². The van der Waals surface area contributed by atoms with E-state index in [9.17, 15) is 4.39 Å². The van der Waals surface area contributed by atoms with E-state index in [4.69, 9.17) is 4.74 Å². The summed E-state index contributed by atoms with van der Waals surface area (Å²) in [5.41, 5.74) is 1.26. The lowest BCUT2D eigenvalue weighted by molar-refractivity contribution is 0.480. The van der Waals surface area contributed by atoms with Crippen molar-refractivity contribution < 1.29 is 9.13 Å². The molecule has 0 heterocycles. The van der Waals surface area contributed by atoms with Crippen LogP contribution in [0.1, 0.15) is 18.9 Å². The Morgan fingerprint density at radius 2 is 1.76 bits per heavy atom. The van der Waals surface area contributed by atoms with Crippen molar-refractivity contribution in [3.05, 3.63) is 59.9 Å². The predicted octanol–water partition coefficient (Wildman–Crippen LogP) is 4.57. The van der Waals surface area contributed by atoms with Crippen molar-refractivity contribution in [2.75, 3.05) is 0 Å². The summed E-state index contributed by atoms with van der Waals surface area (Å²) in [6.45, 7) is 2.15. The normalized spacial score (nSPS) is 10.2. The first-order valence-electron chi connectivity index (χ1n) is 5.80. The Morgan fingerprint density at radius 3 is 2.47 bits per heavy atom. The number of rotatable bonds is 4. The number of halogens is 1. The van der Waals surface area contributed by atoms with Gasteiger partial charge in [-0.05, 0) is 48.4 Å². The maximum Gasteiger partial charge on any atom is 0.127 e. The van der Waals surface area contributed by atoms with Crippen molar-refractivity contribution in [1.82, 2.24) is 0 Å². The van der Waals surface area contributed by atoms with Gasteiger partial charge in [0.2, 0.25) is 0 Å². The van der Waals surface area contributed by atoms with Gasteiger partial charge in [0, 0.05) is 0 Å². The third-order valence-electron chi connectivity index (χ3n) is 2.49. The van der Waals surface area contributed by atoms with E-state index in [0.717, 1.165) is 18.6 Å². The minimum Gasteiger partial charge on any atom is -0.457 e. The Kier molecular flexibility index (Phi) is 3.76. The van der Waals surface area contributed by atoms with Crippen LogP contribution in [0.15, 0.2) is 48.5 Å². The van der Waals surface area contributed by atoms with E-state index in [0.29, 0.717) is 5.75 Å². The average Bonchev–Trinajstić information content (AvgIpc) is 2.33. The third kappa shape index (κ3) is 3.31. The molecule has 0 saturated carbocycles. The van der Waals surface area contributed by atoms with Crippen LogP contribution in [0.25, 0.3) is 0 Å². The quantitative estimate of drug-likeness (QED) is 0.747. The summed E-state index contributed by atoms with van der Waals surface area (Å²) in [7, 11) is 0. The molecule has 0 saturated heterocycles. The maximum atomic E-state index is 12.7. The van der Waals surface area contributed by atoms with Gasteiger partial charge in [0.15, 0.2) is 0 Å². The monoisotopic (exact) mass is 230 g/mol. The molecule has 2 rings (SSSR count). The molecular weight excluding hydrogens is 215 g/mol. The molecule has 1 nitrogen and oxygen atoms in total. The zero-order chi connectivity index (χ0) is 12.1. The van der Waals surface area contributed by atoms with Gasteiger partial charge in [0.05, 0.1) is 0 Å². The van der Waals surface area contributed by atoms with Crippen LogP contribution in [0.3, 0.4) is 0 Å². The Labute approximate surface area is 101 Å². The summed E-state index contributed by atoms with van der Waals surface area (Å²) in [4.78, 5) is 0. The second kappa shape index (κ2) is 5.48. The molecule has 0 spiro atoms. The van der Waals surface area contributed by atoms with Crippen molar-refractivity contribution in [3.8, 4) is 11.5 Å². The zero-order valence-electron chi connectivity index (χ0n) is 9.82. The number of benzene rings is 2. The predicted molar refractivity (Wildman–Crippen MR) is 66.9 cm³/mol.